The molecule has 76 valence electrons. The van der Waals surface area contributed by atoms with Crippen LogP contribution < -0.4 is 0 Å². The van der Waals surface area contributed by atoms with Crippen molar-refractivity contribution in [3.8, 4) is 0 Å². The van der Waals surface area contributed by atoms with Crippen molar-refractivity contribution in [3.63, 3.8) is 0 Å². The molecule has 2 rings (SSSR count). The molecule has 0 N–H and O–H groups in total. The SMILES string of the molecule is CCOC(=O)c1ncnc2cnccc12. The summed E-state index contributed by atoms with van der Waals surface area (Å²) >= 11 is 0. The van der Waals surface area contributed by atoms with Crippen LogP contribution in [0.3, 0.4) is 0 Å². The zero-order valence-corrected chi connectivity index (χ0v) is 8.17. The number of carbonyl (C=O) groups is 1. The van der Waals surface area contributed by atoms with Gasteiger partial charge in [0.15, 0.2) is 5.69 Å². The Bertz CT molecular complexity index is 493. The summed E-state index contributed by atoms with van der Waals surface area (Å²) in [7, 11) is 0. The Kier molecular flexibility index (Phi) is 2.53. The van der Waals surface area contributed by atoms with Crippen LogP contribution in [0.4, 0.5) is 0 Å². The highest BCUT2D eigenvalue weighted by Crippen LogP contribution is 2.13. The second-order valence-electron chi connectivity index (χ2n) is 2.84. The predicted octanol–water partition coefficient (Wildman–Crippen LogP) is 1.20. The fourth-order valence-electron chi connectivity index (χ4n) is 1.27. The number of hydrogen-bond acceptors (Lipinski definition) is 5. The van der Waals surface area contributed by atoms with Crippen molar-refractivity contribution < 1.29 is 9.53 Å². The van der Waals surface area contributed by atoms with E-state index in [9.17, 15) is 4.79 Å². The average Bonchev–Trinajstić information content (AvgIpc) is 2.28. The molecule has 0 aromatic carbocycles. The number of carbonyl (C=O) groups excluding carboxylic acids is 1. The first kappa shape index (κ1) is 9.51. The van der Waals surface area contributed by atoms with Crippen LogP contribution in [0.5, 0.6) is 0 Å². The minimum atomic E-state index is -0.434. The van der Waals surface area contributed by atoms with E-state index in [1.165, 1.54) is 6.33 Å². The summed E-state index contributed by atoms with van der Waals surface area (Å²) in [5.41, 5.74) is 0.916. The topological polar surface area (TPSA) is 65.0 Å². The summed E-state index contributed by atoms with van der Waals surface area (Å²) in [6.07, 6.45) is 4.50. The highest BCUT2D eigenvalue weighted by atomic mass is 16.5. The summed E-state index contributed by atoms with van der Waals surface area (Å²) in [5, 5.41) is 0.658. The van der Waals surface area contributed by atoms with Crippen LogP contribution >= 0.6 is 0 Å². The van der Waals surface area contributed by atoms with Gasteiger partial charge in [0.2, 0.25) is 0 Å². The van der Waals surface area contributed by atoms with E-state index in [1.54, 1.807) is 25.4 Å². The molecule has 0 saturated carbocycles. The van der Waals surface area contributed by atoms with E-state index in [0.717, 1.165) is 0 Å². The zero-order chi connectivity index (χ0) is 10.7. The molecular weight excluding hydrogens is 194 g/mol. The number of fused-ring (bicyclic) bond motifs is 1. The van der Waals surface area contributed by atoms with Gasteiger partial charge in [0, 0.05) is 11.6 Å². The molecule has 0 atom stereocenters. The Morgan fingerprint density at radius 3 is 3.13 bits per heavy atom. The maximum atomic E-state index is 11.5. The molecule has 0 fully saturated rings. The first-order valence-corrected chi connectivity index (χ1v) is 4.54. The van der Waals surface area contributed by atoms with Crippen LogP contribution in [0.25, 0.3) is 10.9 Å². The van der Waals surface area contributed by atoms with Gasteiger partial charge in [0.25, 0.3) is 0 Å². The number of hydrogen-bond donors (Lipinski definition) is 0. The minimum Gasteiger partial charge on any atom is -0.461 e. The summed E-state index contributed by atoms with van der Waals surface area (Å²) < 4.78 is 4.89. The van der Waals surface area contributed by atoms with Gasteiger partial charge >= 0.3 is 5.97 Å². The molecule has 2 aromatic rings. The summed E-state index contributed by atoms with van der Waals surface area (Å²) in [5.74, 6) is -0.434. The molecule has 0 spiro atoms. The summed E-state index contributed by atoms with van der Waals surface area (Å²) in [6, 6.07) is 1.70. The molecule has 0 saturated heterocycles. The van der Waals surface area contributed by atoms with Crippen molar-refractivity contribution in [2.24, 2.45) is 0 Å². The van der Waals surface area contributed by atoms with E-state index in [4.69, 9.17) is 4.74 Å². The van der Waals surface area contributed by atoms with E-state index in [-0.39, 0.29) is 5.69 Å². The molecule has 5 heteroatoms. The molecule has 5 nitrogen and oxygen atoms in total. The third-order valence-electron chi connectivity index (χ3n) is 1.91. The number of rotatable bonds is 2. The van der Waals surface area contributed by atoms with E-state index in [2.05, 4.69) is 15.0 Å². The third kappa shape index (κ3) is 1.76. The Morgan fingerprint density at radius 2 is 2.33 bits per heavy atom. The van der Waals surface area contributed by atoms with Crippen molar-refractivity contribution in [3.05, 3.63) is 30.5 Å². The lowest BCUT2D eigenvalue weighted by Crippen LogP contribution is -2.08. The molecule has 0 aliphatic heterocycles. The van der Waals surface area contributed by atoms with Gasteiger partial charge in [-0.2, -0.15) is 0 Å². The number of ether oxygens (including phenoxy) is 1. The predicted molar refractivity (Wildman–Crippen MR) is 53.3 cm³/mol. The molecule has 0 aliphatic rings. The van der Waals surface area contributed by atoms with Gasteiger partial charge in [-0.25, -0.2) is 14.8 Å². The van der Waals surface area contributed by atoms with Gasteiger partial charge in [-0.1, -0.05) is 0 Å². The first-order chi connectivity index (χ1) is 7.33. The van der Waals surface area contributed by atoms with E-state index >= 15 is 0 Å². The van der Waals surface area contributed by atoms with E-state index < -0.39 is 5.97 Å². The van der Waals surface area contributed by atoms with Gasteiger partial charge in [0.1, 0.15) is 6.33 Å². The fraction of sp³-hybridized carbons (Fsp3) is 0.200. The van der Waals surface area contributed by atoms with Gasteiger partial charge in [0.05, 0.1) is 18.3 Å². The molecule has 0 amide bonds. The van der Waals surface area contributed by atoms with Gasteiger partial charge < -0.3 is 4.74 Å². The molecule has 0 bridgehead atoms. The normalized spacial score (nSPS) is 10.2. The van der Waals surface area contributed by atoms with Crippen molar-refractivity contribution in [1.82, 2.24) is 15.0 Å². The number of nitrogens with zero attached hydrogens (tertiary/aromatic N) is 3. The molecule has 0 radical (unpaired) electrons. The van der Waals surface area contributed by atoms with E-state index in [1.807, 2.05) is 0 Å². The van der Waals surface area contributed by atoms with Crippen LogP contribution in [-0.2, 0) is 4.74 Å². The monoisotopic (exact) mass is 203 g/mol. The minimum absolute atomic E-state index is 0.282. The van der Waals surface area contributed by atoms with Crippen LogP contribution in [-0.4, -0.2) is 27.5 Å². The highest BCUT2D eigenvalue weighted by molar-refractivity contribution is 6.00. The van der Waals surface area contributed by atoms with Gasteiger partial charge in [-0.05, 0) is 13.0 Å². The average molecular weight is 203 g/mol. The van der Waals surface area contributed by atoms with Crippen molar-refractivity contribution in [2.75, 3.05) is 6.61 Å². The molecular formula is C10H9N3O2. The Morgan fingerprint density at radius 1 is 1.47 bits per heavy atom. The number of esters is 1. The van der Waals surface area contributed by atoms with E-state index in [0.29, 0.717) is 17.5 Å². The molecule has 0 aliphatic carbocycles. The van der Waals surface area contributed by atoms with Crippen LogP contribution in [0, 0.1) is 0 Å². The second-order valence-corrected chi connectivity index (χ2v) is 2.84. The quantitative estimate of drug-likeness (QED) is 0.686. The van der Waals surface area contributed by atoms with Crippen molar-refractivity contribution in [1.29, 1.82) is 0 Å². The maximum Gasteiger partial charge on any atom is 0.357 e. The Balaban J connectivity index is 2.56. The lowest BCUT2D eigenvalue weighted by atomic mass is 10.2. The van der Waals surface area contributed by atoms with Crippen molar-refractivity contribution in [2.45, 2.75) is 6.92 Å². The lowest BCUT2D eigenvalue weighted by molar-refractivity contribution is 0.0522. The van der Waals surface area contributed by atoms with Crippen LogP contribution in [0.1, 0.15) is 17.4 Å². The smallest absolute Gasteiger partial charge is 0.357 e. The molecule has 2 aromatic heterocycles. The van der Waals surface area contributed by atoms with Gasteiger partial charge in [-0.15, -0.1) is 0 Å². The largest absolute Gasteiger partial charge is 0.461 e. The Hall–Kier alpha value is -2.04. The number of aromatic nitrogens is 3. The third-order valence-corrected chi connectivity index (χ3v) is 1.91. The van der Waals surface area contributed by atoms with Crippen LogP contribution in [0.15, 0.2) is 24.8 Å². The second kappa shape index (κ2) is 4.00. The molecule has 0 unspecified atom stereocenters. The summed E-state index contributed by atoms with van der Waals surface area (Å²) in [6.45, 7) is 2.08. The molecule has 15 heavy (non-hydrogen) atoms. The zero-order valence-electron chi connectivity index (χ0n) is 8.17. The van der Waals surface area contributed by atoms with Crippen LogP contribution in [0.2, 0.25) is 0 Å². The standard InChI is InChI=1S/C10H9N3O2/c1-2-15-10(14)9-7-3-4-11-5-8(7)12-6-13-9/h3-6H,2H2,1H3. The van der Waals surface area contributed by atoms with Gasteiger partial charge in [-0.3, -0.25) is 4.98 Å². The van der Waals surface area contributed by atoms with Crippen molar-refractivity contribution >= 4 is 16.9 Å². The maximum absolute atomic E-state index is 11.5. The Labute approximate surface area is 86.1 Å². The first-order valence-electron chi connectivity index (χ1n) is 4.54. The fourth-order valence-corrected chi connectivity index (χ4v) is 1.27. The highest BCUT2D eigenvalue weighted by Gasteiger charge is 2.12. The lowest BCUT2D eigenvalue weighted by Gasteiger charge is -2.03. The molecule has 2 heterocycles. The summed E-state index contributed by atoms with van der Waals surface area (Å²) in [4.78, 5) is 23.4. The number of pyridine rings is 1.